The Hall–Kier alpha value is -1.49. The molecule has 1 rings (SSSR count). The zero-order valence-electron chi connectivity index (χ0n) is 9.73. The summed E-state index contributed by atoms with van der Waals surface area (Å²) >= 11 is 0. The van der Waals surface area contributed by atoms with E-state index in [-0.39, 0.29) is 11.8 Å². The third-order valence-electron chi connectivity index (χ3n) is 2.24. The number of aromatic nitrogens is 2. The fourth-order valence-electron chi connectivity index (χ4n) is 1.26. The number of carbonyl (C=O) groups excluding carboxylic acids is 1. The van der Waals surface area contributed by atoms with Crippen LogP contribution in [0.1, 0.15) is 24.9 Å². The molecular weight excluding hydrogens is 204 g/mol. The summed E-state index contributed by atoms with van der Waals surface area (Å²) in [5, 5.41) is 2.81. The SMILES string of the molecule is Cc1nccc(CNC(=O)CC(C)CN)n1. The molecule has 1 unspecified atom stereocenters. The van der Waals surface area contributed by atoms with Gasteiger partial charge in [0.15, 0.2) is 0 Å². The molecule has 1 atom stereocenters. The quantitative estimate of drug-likeness (QED) is 0.755. The van der Waals surface area contributed by atoms with Crippen LogP contribution in [0.4, 0.5) is 0 Å². The molecule has 0 spiro atoms. The van der Waals surface area contributed by atoms with Crippen molar-refractivity contribution in [1.82, 2.24) is 15.3 Å². The van der Waals surface area contributed by atoms with Crippen LogP contribution in [0.2, 0.25) is 0 Å². The van der Waals surface area contributed by atoms with Crippen molar-refractivity contribution in [2.24, 2.45) is 11.7 Å². The standard InChI is InChI=1S/C11H18N4O/c1-8(6-12)5-11(16)14-7-10-3-4-13-9(2)15-10/h3-4,8H,5-7,12H2,1-2H3,(H,14,16). The molecule has 1 aromatic rings. The number of hydrogen-bond acceptors (Lipinski definition) is 4. The van der Waals surface area contributed by atoms with E-state index in [1.807, 2.05) is 13.8 Å². The summed E-state index contributed by atoms with van der Waals surface area (Å²) in [5.74, 6) is 0.934. The van der Waals surface area contributed by atoms with E-state index >= 15 is 0 Å². The Labute approximate surface area is 95.5 Å². The predicted octanol–water partition coefficient (Wildman–Crippen LogP) is 0.386. The van der Waals surface area contributed by atoms with Gasteiger partial charge in [0.05, 0.1) is 12.2 Å². The average molecular weight is 222 g/mol. The fraction of sp³-hybridized carbons (Fsp3) is 0.545. The third kappa shape index (κ3) is 4.35. The first-order valence-corrected chi connectivity index (χ1v) is 5.37. The Kier molecular flexibility index (Phi) is 4.85. The highest BCUT2D eigenvalue weighted by molar-refractivity contribution is 5.76. The van der Waals surface area contributed by atoms with E-state index in [4.69, 9.17) is 5.73 Å². The number of nitrogens with two attached hydrogens (primary N) is 1. The van der Waals surface area contributed by atoms with Gasteiger partial charge in [-0.1, -0.05) is 6.92 Å². The summed E-state index contributed by atoms with van der Waals surface area (Å²) in [6.45, 7) is 4.75. The zero-order chi connectivity index (χ0) is 12.0. The smallest absolute Gasteiger partial charge is 0.220 e. The van der Waals surface area contributed by atoms with Gasteiger partial charge < -0.3 is 11.1 Å². The lowest BCUT2D eigenvalue weighted by Gasteiger charge is -2.08. The van der Waals surface area contributed by atoms with Crippen LogP contribution < -0.4 is 11.1 Å². The highest BCUT2D eigenvalue weighted by Gasteiger charge is 2.07. The van der Waals surface area contributed by atoms with E-state index in [0.29, 0.717) is 25.3 Å². The first-order valence-electron chi connectivity index (χ1n) is 5.37. The maximum absolute atomic E-state index is 11.5. The monoisotopic (exact) mass is 222 g/mol. The second-order valence-electron chi connectivity index (χ2n) is 3.92. The maximum Gasteiger partial charge on any atom is 0.220 e. The van der Waals surface area contributed by atoms with E-state index in [0.717, 1.165) is 5.69 Å². The molecule has 88 valence electrons. The van der Waals surface area contributed by atoms with Gasteiger partial charge in [0.2, 0.25) is 5.91 Å². The molecule has 0 aliphatic carbocycles. The fourth-order valence-corrected chi connectivity index (χ4v) is 1.26. The molecule has 1 aromatic heterocycles. The highest BCUT2D eigenvalue weighted by atomic mass is 16.1. The lowest BCUT2D eigenvalue weighted by molar-refractivity contribution is -0.122. The van der Waals surface area contributed by atoms with Gasteiger partial charge in [-0.05, 0) is 25.5 Å². The molecule has 0 fully saturated rings. The van der Waals surface area contributed by atoms with Crippen LogP contribution in [0.25, 0.3) is 0 Å². The van der Waals surface area contributed by atoms with E-state index in [9.17, 15) is 4.79 Å². The highest BCUT2D eigenvalue weighted by Crippen LogP contribution is 1.99. The van der Waals surface area contributed by atoms with Gasteiger partial charge in [-0.2, -0.15) is 0 Å². The molecule has 0 aliphatic heterocycles. The average Bonchev–Trinajstić information content (AvgIpc) is 2.26. The summed E-state index contributed by atoms with van der Waals surface area (Å²) in [7, 11) is 0. The van der Waals surface area contributed by atoms with Gasteiger partial charge in [0.25, 0.3) is 0 Å². The van der Waals surface area contributed by atoms with Gasteiger partial charge in [0.1, 0.15) is 5.82 Å². The second kappa shape index (κ2) is 6.17. The summed E-state index contributed by atoms with van der Waals surface area (Å²) < 4.78 is 0. The van der Waals surface area contributed by atoms with Crippen LogP contribution >= 0.6 is 0 Å². The molecule has 0 aromatic carbocycles. The lowest BCUT2D eigenvalue weighted by atomic mass is 10.1. The Morgan fingerprint density at radius 3 is 3.00 bits per heavy atom. The first-order chi connectivity index (χ1) is 7.61. The van der Waals surface area contributed by atoms with Gasteiger partial charge in [-0.25, -0.2) is 9.97 Å². The Balaban J connectivity index is 2.37. The molecule has 1 amide bonds. The Morgan fingerprint density at radius 1 is 1.62 bits per heavy atom. The molecule has 3 N–H and O–H groups in total. The molecule has 1 heterocycles. The van der Waals surface area contributed by atoms with Crippen LogP contribution in [-0.4, -0.2) is 22.4 Å². The van der Waals surface area contributed by atoms with Crippen LogP contribution in [-0.2, 0) is 11.3 Å². The molecule has 0 saturated heterocycles. The van der Waals surface area contributed by atoms with Crippen LogP contribution in [0.3, 0.4) is 0 Å². The molecule has 5 nitrogen and oxygen atoms in total. The normalized spacial score (nSPS) is 12.2. The number of amides is 1. The molecule has 0 saturated carbocycles. The Bertz CT molecular complexity index is 354. The Morgan fingerprint density at radius 2 is 2.38 bits per heavy atom. The van der Waals surface area contributed by atoms with Crippen molar-refractivity contribution in [2.45, 2.75) is 26.8 Å². The molecule has 0 aliphatic rings. The topological polar surface area (TPSA) is 80.9 Å². The molecule has 16 heavy (non-hydrogen) atoms. The predicted molar refractivity (Wildman–Crippen MR) is 61.5 cm³/mol. The summed E-state index contributed by atoms with van der Waals surface area (Å²) in [6.07, 6.45) is 2.15. The van der Waals surface area contributed by atoms with Crippen molar-refractivity contribution < 1.29 is 4.79 Å². The van der Waals surface area contributed by atoms with Crippen LogP contribution in [0.5, 0.6) is 0 Å². The summed E-state index contributed by atoms with van der Waals surface area (Å²) in [4.78, 5) is 19.6. The molecule has 0 bridgehead atoms. The van der Waals surface area contributed by atoms with Crippen LogP contribution in [0.15, 0.2) is 12.3 Å². The van der Waals surface area contributed by atoms with Crippen molar-refractivity contribution in [3.8, 4) is 0 Å². The number of hydrogen-bond donors (Lipinski definition) is 2. The largest absolute Gasteiger partial charge is 0.350 e. The third-order valence-corrected chi connectivity index (χ3v) is 2.24. The first kappa shape index (κ1) is 12.6. The molecule has 0 radical (unpaired) electrons. The lowest BCUT2D eigenvalue weighted by Crippen LogP contribution is -2.27. The maximum atomic E-state index is 11.5. The van der Waals surface area contributed by atoms with Gasteiger partial charge in [-0.15, -0.1) is 0 Å². The molecular formula is C11H18N4O. The van der Waals surface area contributed by atoms with E-state index in [1.165, 1.54) is 0 Å². The number of nitrogens with one attached hydrogen (secondary N) is 1. The van der Waals surface area contributed by atoms with E-state index < -0.39 is 0 Å². The zero-order valence-corrected chi connectivity index (χ0v) is 9.73. The van der Waals surface area contributed by atoms with Crippen molar-refractivity contribution in [2.75, 3.05) is 6.54 Å². The van der Waals surface area contributed by atoms with Crippen molar-refractivity contribution in [3.63, 3.8) is 0 Å². The minimum atomic E-state index is 0.00853. The van der Waals surface area contributed by atoms with Crippen LogP contribution in [0, 0.1) is 12.8 Å². The minimum absolute atomic E-state index is 0.00853. The van der Waals surface area contributed by atoms with Gasteiger partial charge in [0, 0.05) is 12.6 Å². The number of nitrogens with zero attached hydrogens (tertiary/aromatic N) is 2. The second-order valence-corrected chi connectivity index (χ2v) is 3.92. The van der Waals surface area contributed by atoms with Crippen molar-refractivity contribution >= 4 is 5.91 Å². The van der Waals surface area contributed by atoms with E-state index in [2.05, 4.69) is 15.3 Å². The number of carbonyl (C=O) groups is 1. The van der Waals surface area contributed by atoms with Crippen molar-refractivity contribution in [3.05, 3.63) is 23.8 Å². The van der Waals surface area contributed by atoms with Gasteiger partial charge >= 0.3 is 0 Å². The summed E-state index contributed by atoms with van der Waals surface area (Å²) in [5.41, 5.74) is 6.27. The molecule has 5 heteroatoms. The van der Waals surface area contributed by atoms with Gasteiger partial charge in [-0.3, -0.25) is 4.79 Å². The van der Waals surface area contributed by atoms with Crippen molar-refractivity contribution in [1.29, 1.82) is 0 Å². The van der Waals surface area contributed by atoms with E-state index in [1.54, 1.807) is 12.3 Å². The summed E-state index contributed by atoms with van der Waals surface area (Å²) in [6, 6.07) is 1.79. The minimum Gasteiger partial charge on any atom is -0.350 e. The number of aryl methyl sites for hydroxylation is 1. The number of rotatable bonds is 5.